The van der Waals surface area contributed by atoms with E-state index >= 15 is 0 Å². The Labute approximate surface area is 101 Å². The van der Waals surface area contributed by atoms with Crippen LogP contribution in [0.2, 0.25) is 5.02 Å². The standard InChI is InChI=1S/C12H17ClFNO/c1-2-7-15-9-10-11(13)4-3-5-12(10)16-8-6-14/h3-5,15H,2,6-9H2,1H3. The third-order valence-electron chi connectivity index (χ3n) is 2.14. The van der Waals surface area contributed by atoms with Crippen LogP contribution >= 0.6 is 11.6 Å². The fraction of sp³-hybridized carbons (Fsp3) is 0.500. The van der Waals surface area contributed by atoms with E-state index in [4.69, 9.17) is 16.3 Å². The maximum Gasteiger partial charge on any atom is 0.125 e. The lowest BCUT2D eigenvalue weighted by molar-refractivity contribution is 0.270. The first-order chi connectivity index (χ1) is 7.79. The molecule has 1 rings (SSSR count). The van der Waals surface area contributed by atoms with Gasteiger partial charge in [0.2, 0.25) is 0 Å². The molecule has 1 N–H and O–H groups in total. The van der Waals surface area contributed by atoms with Crippen molar-refractivity contribution in [3.05, 3.63) is 28.8 Å². The van der Waals surface area contributed by atoms with Gasteiger partial charge < -0.3 is 10.1 Å². The fourth-order valence-electron chi connectivity index (χ4n) is 1.38. The van der Waals surface area contributed by atoms with Gasteiger partial charge in [-0.3, -0.25) is 0 Å². The highest BCUT2D eigenvalue weighted by Gasteiger charge is 2.07. The van der Waals surface area contributed by atoms with E-state index in [0.717, 1.165) is 18.5 Å². The number of nitrogens with one attached hydrogen (secondary N) is 1. The molecule has 0 aliphatic rings. The van der Waals surface area contributed by atoms with Crippen molar-refractivity contribution in [1.29, 1.82) is 0 Å². The Morgan fingerprint density at radius 2 is 2.25 bits per heavy atom. The fourth-order valence-corrected chi connectivity index (χ4v) is 1.62. The molecule has 4 heteroatoms. The number of ether oxygens (including phenoxy) is 1. The number of hydrogen-bond donors (Lipinski definition) is 1. The number of rotatable bonds is 7. The van der Waals surface area contributed by atoms with Gasteiger partial charge in [0.25, 0.3) is 0 Å². The highest BCUT2D eigenvalue weighted by Crippen LogP contribution is 2.26. The highest BCUT2D eigenvalue weighted by atomic mass is 35.5. The topological polar surface area (TPSA) is 21.3 Å². The SMILES string of the molecule is CCCNCc1c(Cl)cccc1OCCF. The van der Waals surface area contributed by atoms with Crippen LogP contribution in [0, 0.1) is 0 Å². The summed E-state index contributed by atoms with van der Waals surface area (Å²) in [5.41, 5.74) is 0.895. The molecular weight excluding hydrogens is 229 g/mol. The maximum absolute atomic E-state index is 12.0. The summed E-state index contributed by atoms with van der Waals surface area (Å²) in [6.45, 7) is 3.25. The van der Waals surface area contributed by atoms with Gasteiger partial charge in [0.05, 0.1) is 0 Å². The van der Waals surface area contributed by atoms with Gasteiger partial charge in [0, 0.05) is 17.1 Å². The molecule has 0 saturated carbocycles. The quantitative estimate of drug-likeness (QED) is 0.745. The van der Waals surface area contributed by atoms with Crippen LogP contribution in [0.15, 0.2) is 18.2 Å². The van der Waals surface area contributed by atoms with E-state index in [9.17, 15) is 4.39 Å². The van der Waals surface area contributed by atoms with E-state index < -0.39 is 6.67 Å². The molecule has 0 saturated heterocycles. The first-order valence-electron chi connectivity index (χ1n) is 5.46. The minimum atomic E-state index is -0.492. The second-order valence-electron chi connectivity index (χ2n) is 3.43. The van der Waals surface area contributed by atoms with Crippen LogP contribution in [0.4, 0.5) is 4.39 Å². The Morgan fingerprint density at radius 3 is 2.94 bits per heavy atom. The average molecular weight is 246 g/mol. The molecule has 0 aromatic heterocycles. The third-order valence-corrected chi connectivity index (χ3v) is 2.49. The van der Waals surface area contributed by atoms with Crippen molar-refractivity contribution in [1.82, 2.24) is 5.32 Å². The molecule has 0 spiro atoms. The highest BCUT2D eigenvalue weighted by molar-refractivity contribution is 6.31. The predicted molar refractivity (Wildman–Crippen MR) is 64.9 cm³/mol. The van der Waals surface area contributed by atoms with Crippen molar-refractivity contribution in [2.24, 2.45) is 0 Å². The Bertz CT molecular complexity index is 320. The normalized spacial score (nSPS) is 10.4. The van der Waals surface area contributed by atoms with E-state index in [2.05, 4.69) is 12.2 Å². The molecule has 0 radical (unpaired) electrons. The predicted octanol–water partition coefficient (Wildman–Crippen LogP) is 3.19. The lowest BCUT2D eigenvalue weighted by atomic mass is 10.2. The van der Waals surface area contributed by atoms with Crippen LogP contribution in [0.5, 0.6) is 5.75 Å². The van der Waals surface area contributed by atoms with Gasteiger partial charge in [-0.25, -0.2) is 4.39 Å². The van der Waals surface area contributed by atoms with Gasteiger partial charge in [0.15, 0.2) is 0 Å². The minimum Gasteiger partial charge on any atom is -0.490 e. The molecule has 0 unspecified atom stereocenters. The number of benzene rings is 1. The van der Waals surface area contributed by atoms with Crippen molar-refractivity contribution in [2.45, 2.75) is 19.9 Å². The second-order valence-corrected chi connectivity index (χ2v) is 3.84. The Hall–Kier alpha value is -0.800. The van der Waals surface area contributed by atoms with Crippen LogP contribution in [0.3, 0.4) is 0 Å². The van der Waals surface area contributed by atoms with Crippen LogP contribution < -0.4 is 10.1 Å². The van der Waals surface area contributed by atoms with E-state index in [0.29, 0.717) is 17.3 Å². The summed E-state index contributed by atoms with van der Waals surface area (Å²) in [5, 5.41) is 3.90. The first-order valence-corrected chi connectivity index (χ1v) is 5.84. The summed E-state index contributed by atoms with van der Waals surface area (Å²) in [7, 11) is 0. The van der Waals surface area contributed by atoms with Crippen LogP contribution in [-0.2, 0) is 6.54 Å². The molecule has 0 atom stereocenters. The summed E-state index contributed by atoms with van der Waals surface area (Å²) in [6, 6.07) is 5.43. The van der Waals surface area contributed by atoms with Crippen molar-refractivity contribution in [2.75, 3.05) is 19.8 Å². The van der Waals surface area contributed by atoms with Crippen molar-refractivity contribution in [3.8, 4) is 5.75 Å². The Kier molecular flexibility index (Phi) is 6.19. The lowest BCUT2D eigenvalue weighted by Gasteiger charge is -2.12. The molecule has 16 heavy (non-hydrogen) atoms. The molecule has 0 aliphatic carbocycles. The van der Waals surface area contributed by atoms with Gasteiger partial charge in [-0.2, -0.15) is 0 Å². The van der Waals surface area contributed by atoms with Crippen LogP contribution in [-0.4, -0.2) is 19.8 Å². The maximum atomic E-state index is 12.0. The summed E-state index contributed by atoms with van der Waals surface area (Å²) in [4.78, 5) is 0. The molecule has 1 aromatic rings. The number of hydrogen-bond acceptors (Lipinski definition) is 2. The number of alkyl halides is 1. The van der Waals surface area contributed by atoms with E-state index in [1.54, 1.807) is 6.07 Å². The second kappa shape index (κ2) is 7.47. The minimum absolute atomic E-state index is 0.0706. The molecule has 2 nitrogen and oxygen atoms in total. The third kappa shape index (κ3) is 3.99. The van der Waals surface area contributed by atoms with Gasteiger partial charge in [-0.15, -0.1) is 0 Å². The average Bonchev–Trinajstić information content (AvgIpc) is 2.29. The van der Waals surface area contributed by atoms with Gasteiger partial charge in [0.1, 0.15) is 19.0 Å². The number of halogens is 2. The van der Waals surface area contributed by atoms with Crippen molar-refractivity contribution >= 4 is 11.6 Å². The van der Waals surface area contributed by atoms with Gasteiger partial charge in [-0.05, 0) is 25.1 Å². The Morgan fingerprint density at radius 1 is 1.44 bits per heavy atom. The van der Waals surface area contributed by atoms with Crippen molar-refractivity contribution in [3.63, 3.8) is 0 Å². The smallest absolute Gasteiger partial charge is 0.125 e. The molecule has 0 amide bonds. The summed E-state index contributed by atoms with van der Waals surface area (Å²) in [5.74, 6) is 0.661. The molecule has 0 aliphatic heterocycles. The molecule has 90 valence electrons. The van der Waals surface area contributed by atoms with Gasteiger partial charge >= 0.3 is 0 Å². The zero-order valence-electron chi connectivity index (χ0n) is 9.43. The first kappa shape index (κ1) is 13.3. The summed E-state index contributed by atoms with van der Waals surface area (Å²) in [6.07, 6.45) is 1.06. The molecule has 0 bridgehead atoms. The monoisotopic (exact) mass is 245 g/mol. The Balaban J connectivity index is 2.69. The lowest BCUT2D eigenvalue weighted by Crippen LogP contribution is -2.15. The van der Waals surface area contributed by atoms with E-state index in [1.165, 1.54) is 0 Å². The largest absolute Gasteiger partial charge is 0.490 e. The molecule has 1 aromatic carbocycles. The molecular formula is C12H17ClFNO. The van der Waals surface area contributed by atoms with Crippen LogP contribution in [0.25, 0.3) is 0 Å². The molecule has 0 fully saturated rings. The molecule has 0 heterocycles. The zero-order chi connectivity index (χ0) is 11.8. The van der Waals surface area contributed by atoms with Crippen LogP contribution in [0.1, 0.15) is 18.9 Å². The summed E-state index contributed by atoms with van der Waals surface area (Å²) < 4.78 is 17.3. The van der Waals surface area contributed by atoms with E-state index in [-0.39, 0.29) is 6.61 Å². The van der Waals surface area contributed by atoms with Gasteiger partial charge in [-0.1, -0.05) is 24.6 Å². The zero-order valence-corrected chi connectivity index (χ0v) is 10.2. The van der Waals surface area contributed by atoms with E-state index in [1.807, 2.05) is 12.1 Å². The summed E-state index contributed by atoms with van der Waals surface area (Å²) >= 11 is 6.07. The van der Waals surface area contributed by atoms with Crippen molar-refractivity contribution < 1.29 is 9.13 Å².